The zero-order valence-corrected chi connectivity index (χ0v) is 19.2. The van der Waals surface area contributed by atoms with Crippen LogP contribution in [0.25, 0.3) is 27.7 Å². The van der Waals surface area contributed by atoms with Gasteiger partial charge in [-0.15, -0.1) is 0 Å². The minimum Gasteiger partial charge on any atom is -0.493 e. The monoisotopic (exact) mass is 461 g/mol. The Morgan fingerprint density at radius 1 is 1.09 bits per heavy atom. The van der Waals surface area contributed by atoms with Crippen molar-refractivity contribution in [2.24, 2.45) is 0 Å². The molecule has 0 fully saturated rings. The van der Waals surface area contributed by atoms with Crippen molar-refractivity contribution >= 4 is 22.4 Å². The molecule has 0 unspecified atom stereocenters. The lowest BCUT2D eigenvalue weighted by molar-refractivity contribution is -0.116. The van der Waals surface area contributed by atoms with Crippen molar-refractivity contribution in [1.29, 1.82) is 0 Å². The number of nitrogens with one attached hydrogen (secondary N) is 1. The lowest BCUT2D eigenvalue weighted by atomic mass is 9.96. The average Bonchev–Trinajstić information content (AvgIpc) is 3.25. The van der Waals surface area contributed by atoms with E-state index in [1.54, 1.807) is 13.2 Å². The van der Waals surface area contributed by atoms with Crippen molar-refractivity contribution < 1.29 is 22.7 Å². The molecule has 0 aliphatic carbocycles. The number of benzene rings is 3. The van der Waals surface area contributed by atoms with E-state index in [1.165, 1.54) is 12.1 Å². The van der Waals surface area contributed by atoms with Crippen LogP contribution in [0.2, 0.25) is 0 Å². The summed E-state index contributed by atoms with van der Waals surface area (Å²) < 4.78 is 39.6. The Hall–Kier alpha value is -3.93. The molecule has 4 nitrogen and oxygen atoms in total. The number of allylic oxidation sites excluding steroid dienone is 1. The van der Waals surface area contributed by atoms with E-state index in [0.717, 1.165) is 45.4 Å². The molecule has 0 radical (unpaired) electrons. The van der Waals surface area contributed by atoms with E-state index in [9.17, 15) is 13.6 Å². The van der Waals surface area contributed by atoms with Crippen LogP contribution in [-0.4, -0.2) is 12.5 Å². The molecule has 3 aromatic carbocycles. The quantitative estimate of drug-likeness (QED) is 0.308. The predicted octanol–water partition coefficient (Wildman–Crippen LogP) is 6.80. The van der Waals surface area contributed by atoms with Crippen LogP contribution >= 0.6 is 0 Å². The Morgan fingerprint density at radius 3 is 2.47 bits per heavy atom. The van der Waals surface area contributed by atoms with Crippen molar-refractivity contribution in [3.63, 3.8) is 0 Å². The summed E-state index contributed by atoms with van der Waals surface area (Å²) in [6, 6.07) is 15.5. The van der Waals surface area contributed by atoms with Crippen LogP contribution in [0.5, 0.6) is 5.75 Å². The summed E-state index contributed by atoms with van der Waals surface area (Å²) in [6.45, 7) is 5.80. The SMILES string of the molecule is CCOc1c(/C(C)=C/C(=O)NCc2c(F)cccc2F)cc2c(-c3ccccc3)coc2c1C. The van der Waals surface area contributed by atoms with Gasteiger partial charge in [-0.1, -0.05) is 36.4 Å². The largest absolute Gasteiger partial charge is 0.493 e. The molecular weight excluding hydrogens is 436 g/mol. The Bertz CT molecular complexity index is 1350. The minimum atomic E-state index is -0.700. The van der Waals surface area contributed by atoms with Crippen molar-refractivity contribution in [3.8, 4) is 16.9 Å². The summed E-state index contributed by atoms with van der Waals surface area (Å²) in [5, 5.41) is 3.47. The first-order valence-corrected chi connectivity index (χ1v) is 11.0. The van der Waals surface area contributed by atoms with E-state index in [2.05, 4.69) is 5.32 Å². The van der Waals surface area contributed by atoms with Crippen LogP contribution in [0.4, 0.5) is 8.78 Å². The lowest BCUT2D eigenvalue weighted by Crippen LogP contribution is -2.22. The van der Waals surface area contributed by atoms with Crippen molar-refractivity contribution in [1.82, 2.24) is 5.32 Å². The van der Waals surface area contributed by atoms with E-state index in [-0.39, 0.29) is 12.1 Å². The highest BCUT2D eigenvalue weighted by molar-refractivity contribution is 6.01. The number of furan rings is 1. The topological polar surface area (TPSA) is 51.5 Å². The Balaban J connectivity index is 1.70. The molecule has 34 heavy (non-hydrogen) atoms. The summed E-state index contributed by atoms with van der Waals surface area (Å²) in [6.07, 6.45) is 3.13. The Labute approximate surface area is 196 Å². The summed E-state index contributed by atoms with van der Waals surface area (Å²) in [4.78, 5) is 12.6. The molecule has 0 aliphatic heterocycles. The van der Waals surface area contributed by atoms with E-state index >= 15 is 0 Å². The van der Waals surface area contributed by atoms with E-state index in [4.69, 9.17) is 9.15 Å². The maximum atomic E-state index is 13.9. The van der Waals surface area contributed by atoms with Gasteiger partial charge in [-0.05, 0) is 50.1 Å². The number of amides is 1. The van der Waals surface area contributed by atoms with Gasteiger partial charge >= 0.3 is 0 Å². The van der Waals surface area contributed by atoms with Gasteiger partial charge in [0, 0.05) is 40.3 Å². The molecule has 4 aromatic rings. The van der Waals surface area contributed by atoms with Crippen LogP contribution < -0.4 is 10.1 Å². The number of halogens is 2. The normalized spacial score (nSPS) is 11.6. The highest BCUT2D eigenvalue weighted by atomic mass is 19.1. The molecule has 1 aromatic heterocycles. The lowest BCUT2D eigenvalue weighted by Gasteiger charge is -2.15. The number of carbonyl (C=O) groups is 1. The van der Waals surface area contributed by atoms with E-state index in [0.29, 0.717) is 17.9 Å². The zero-order valence-electron chi connectivity index (χ0n) is 19.2. The second-order valence-corrected chi connectivity index (χ2v) is 7.95. The van der Waals surface area contributed by atoms with Gasteiger partial charge in [0.15, 0.2) is 0 Å². The summed E-state index contributed by atoms with van der Waals surface area (Å²) in [5.41, 5.74) is 4.73. The maximum absolute atomic E-state index is 13.9. The summed E-state index contributed by atoms with van der Waals surface area (Å²) in [7, 11) is 0. The highest BCUT2D eigenvalue weighted by Crippen LogP contribution is 2.40. The fraction of sp³-hybridized carbons (Fsp3) is 0.179. The zero-order chi connectivity index (χ0) is 24.2. The van der Waals surface area contributed by atoms with Crippen LogP contribution in [0.3, 0.4) is 0 Å². The molecule has 0 bridgehead atoms. The first-order valence-electron chi connectivity index (χ1n) is 11.0. The molecule has 1 N–H and O–H groups in total. The second kappa shape index (κ2) is 9.91. The van der Waals surface area contributed by atoms with E-state index in [1.807, 2.05) is 50.2 Å². The van der Waals surface area contributed by atoms with Gasteiger partial charge in [-0.25, -0.2) is 8.78 Å². The van der Waals surface area contributed by atoms with Crippen LogP contribution in [0.1, 0.15) is 30.5 Å². The van der Waals surface area contributed by atoms with Crippen LogP contribution in [0, 0.1) is 18.6 Å². The molecule has 1 heterocycles. The average molecular weight is 462 g/mol. The van der Waals surface area contributed by atoms with Gasteiger partial charge < -0.3 is 14.5 Å². The standard InChI is InChI=1S/C28H25F2NO3/c1-4-33-27-18(3)28-21(23(16-34-28)19-9-6-5-7-10-19)14-20(27)17(2)13-26(32)31-15-22-24(29)11-8-12-25(22)30/h5-14,16H,4,15H2,1-3H3,(H,31,32)/b17-13+. The van der Waals surface area contributed by atoms with Gasteiger partial charge in [0.05, 0.1) is 12.9 Å². The molecule has 4 rings (SSSR count). The minimum absolute atomic E-state index is 0.180. The van der Waals surface area contributed by atoms with Gasteiger partial charge in [0.2, 0.25) is 5.91 Å². The molecule has 1 amide bonds. The molecule has 0 spiro atoms. The van der Waals surface area contributed by atoms with Crippen molar-refractivity contribution in [2.45, 2.75) is 27.3 Å². The molecule has 174 valence electrons. The smallest absolute Gasteiger partial charge is 0.244 e. The predicted molar refractivity (Wildman–Crippen MR) is 129 cm³/mol. The van der Waals surface area contributed by atoms with Crippen molar-refractivity contribution in [2.75, 3.05) is 6.61 Å². The fourth-order valence-electron chi connectivity index (χ4n) is 3.98. The molecule has 0 aliphatic rings. The van der Waals surface area contributed by atoms with Gasteiger partial charge in [-0.3, -0.25) is 4.79 Å². The number of fused-ring (bicyclic) bond motifs is 1. The third-order valence-electron chi connectivity index (χ3n) is 5.69. The Morgan fingerprint density at radius 2 is 1.79 bits per heavy atom. The molecule has 0 saturated carbocycles. The number of hydrogen-bond donors (Lipinski definition) is 1. The number of hydrogen-bond acceptors (Lipinski definition) is 3. The summed E-state index contributed by atoms with van der Waals surface area (Å²) >= 11 is 0. The van der Waals surface area contributed by atoms with Crippen LogP contribution in [-0.2, 0) is 11.3 Å². The first kappa shape index (κ1) is 23.2. The van der Waals surface area contributed by atoms with Gasteiger partial charge in [-0.2, -0.15) is 0 Å². The maximum Gasteiger partial charge on any atom is 0.244 e. The van der Waals surface area contributed by atoms with E-state index < -0.39 is 17.5 Å². The van der Waals surface area contributed by atoms with Crippen molar-refractivity contribution in [3.05, 3.63) is 95.3 Å². The Kier molecular flexibility index (Phi) is 6.77. The molecular formula is C28H25F2NO3. The van der Waals surface area contributed by atoms with Gasteiger partial charge in [0.25, 0.3) is 0 Å². The molecule has 0 saturated heterocycles. The number of rotatable bonds is 7. The number of aryl methyl sites for hydroxylation is 1. The molecule has 0 atom stereocenters. The van der Waals surface area contributed by atoms with Gasteiger partial charge in [0.1, 0.15) is 23.0 Å². The summed E-state index contributed by atoms with van der Waals surface area (Å²) in [5.74, 6) is -1.23. The fourth-order valence-corrected chi connectivity index (χ4v) is 3.98. The second-order valence-electron chi connectivity index (χ2n) is 7.95. The third kappa shape index (κ3) is 4.57. The number of carbonyl (C=O) groups excluding carboxylic acids is 1. The van der Waals surface area contributed by atoms with Crippen LogP contribution in [0.15, 0.2) is 71.4 Å². The third-order valence-corrected chi connectivity index (χ3v) is 5.69. The first-order chi connectivity index (χ1) is 16.4. The highest BCUT2D eigenvalue weighted by Gasteiger charge is 2.19. The number of ether oxygens (including phenoxy) is 1. The molecule has 6 heteroatoms.